The van der Waals surface area contributed by atoms with Gasteiger partial charge in [0.1, 0.15) is 5.75 Å². The van der Waals surface area contributed by atoms with Crippen molar-refractivity contribution >= 4 is 17.6 Å². The van der Waals surface area contributed by atoms with Gasteiger partial charge in [0, 0.05) is 11.7 Å². The first-order chi connectivity index (χ1) is 12.0. The fraction of sp³-hybridized carbons (Fsp3) is 0.300. The number of nitrogens with one attached hydrogen (secondary N) is 1. The van der Waals surface area contributed by atoms with E-state index in [1.54, 1.807) is 24.3 Å². The number of carbonyl (C=O) groups is 2. The lowest BCUT2D eigenvalue weighted by Crippen LogP contribution is -2.34. The molecule has 1 amide bonds. The van der Waals surface area contributed by atoms with E-state index in [-0.39, 0.29) is 18.2 Å². The monoisotopic (exact) mass is 340 g/mol. The van der Waals surface area contributed by atoms with Crippen LogP contribution in [-0.2, 0) is 9.59 Å². The van der Waals surface area contributed by atoms with Crippen molar-refractivity contribution < 1.29 is 19.4 Å². The summed E-state index contributed by atoms with van der Waals surface area (Å²) in [7, 11) is 0. The zero-order valence-corrected chi connectivity index (χ0v) is 14.4. The molecule has 1 N–H and O–H groups in total. The third-order valence-electron chi connectivity index (χ3n) is 4.09. The molecule has 5 nitrogen and oxygen atoms in total. The maximum absolute atomic E-state index is 12.6. The first kappa shape index (κ1) is 18.5. The third-order valence-corrected chi connectivity index (χ3v) is 4.09. The average molecular weight is 340 g/mol. The highest BCUT2D eigenvalue weighted by atomic mass is 16.5. The Hall–Kier alpha value is -2.82. The molecular formula is C20H22NO4-. The number of anilines is 1. The molecule has 2 rings (SSSR count). The van der Waals surface area contributed by atoms with Gasteiger partial charge in [-0.05, 0) is 49.1 Å². The number of carbonyl (C=O) groups excluding carboxylic acids is 2. The highest BCUT2D eigenvalue weighted by Crippen LogP contribution is 2.28. The number of rotatable bonds is 8. The van der Waals surface area contributed by atoms with Crippen LogP contribution in [-0.4, -0.2) is 18.5 Å². The molecule has 2 aromatic rings. The van der Waals surface area contributed by atoms with E-state index in [2.05, 4.69) is 5.32 Å². The van der Waals surface area contributed by atoms with E-state index in [0.29, 0.717) is 18.0 Å². The van der Waals surface area contributed by atoms with E-state index >= 15 is 0 Å². The molecule has 0 fully saturated rings. The van der Waals surface area contributed by atoms with Crippen LogP contribution in [0.2, 0.25) is 0 Å². The molecular weight excluding hydrogens is 318 g/mol. The van der Waals surface area contributed by atoms with Gasteiger partial charge in [0.05, 0.1) is 12.5 Å². The largest absolute Gasteiger partial charge is 0.550 e. The van der Waals surface area contributed by atoms with Crippen LogP contribution in [0.5, 0.6) is 5.75 Å². The van der Waals surface area contributed by atoms with Gasteiger partial charge in [-0.2, -0.15) is 0 Å². The van der Waals surface area contributed by atoms with Crippen molar-refractivity contribution in [3.05, 3.63) is 60.2 Å². The van der Waals surface area contributed by atoms with E-state index in [0.717, 1.165) is 5.56 Å². The molecule has 0 spiro atoms. The number of amides is 1. The van der Waals surface area contributed by atoms with E-state index in [4.69, 9.17) is 4.74 Å². The van der Waals surface area contributed by atoms with Crippen molar-refractivity contribution in [3.8, 4) is 5.75 Å². The van der Waals surface area contributed by atoms with Gasteiger partial charge in [0.2, 0.25) is 5.91 Å². The van der Waals surface area contributed by atoms with E-state index < -0.39 is 11.9 Å². The Labute approximate surface area is 147 Å². The fourth-order valence-corrected chi connectivity index (χ4v) is 2.70. The lowest BCUT2D eigenvalue weighted by Gasteiger charge is -2.24. The van der Waals surface area contributed by atoms with Crippen LogP contribution < -0.4 is 15.2 Å². The molecule has 132 valence electrons. The van der Waals surface area contributed by atoms with E-state index in [1.807, 2.05) is 44.2 Å². The quantitative estimate of drug-likeness (QED) is 0.801. The first-order valence-electron chi connectivity index (χ1n) is 8.29. The minimum absolute atomic E-state index is 0.248. The Bertz CT molecular complexity index is 697. The minimum atomic E-state index is -1.24. The lowest BCUT2D eigenvalue weighted by molar-refractivity contribution is -0.306. The molecule has 0 aliphatic rings. The van der Waals surface area contributed by atoms with Gasteiger partial charge in [-0.15, -0.1) is 0 Å². The molecule has 0 radical (unpaired) electrons. The topological polar surface area (TPSA) is 78.5 Å². The predicted molar refractivity (Wildman–Crippen MR) is 94.2 cm³/mol. The minimum Gasteiger partial charge on any atom is -0.550 e. The molecule has 0 aliphatic heterocycles. The van der Waals surface area contributed by atoms with Crippen molar-refractivity contribution in [1.82, 2.24) is 0 Å². The molecule has 0 saturated carbocycles. The summed E-state index contributed by atoms with van der Waals surface area (Å²) in [4.78, 5) is 23.8. The average Bonchev–Trinajstić information content (AvgIpc) is 2.61. The summed E-state index contributed by atoms with van der Waals surface area (Å²) in [5.74, 6) is -1.84. The predicted octanol–water partition coefficient (Wildman–Crippen LogP) is 2.58. The number of ether oxygens (including phenoxy) is 1. The normalized spacial score (nSPS) is 12.9. The van der Waals surface area contributed by atoms with E-state index in [9.17, 15) is 14.7 Å². The van der Waals surface area contributed by atoms with Gasteiger partial charge in [0.15, 0.2) is 0 Å². The Morgan fingerprint density at radius 3 is 2.28 bits per heavy atom. The summed E-state index contributed by atoms with van der Waals surface area (Å²) in [6.45, 7) is 4.31. The van der Waals surface area contributed by atoms with Crippen LogP contribution in [0.3, 0.4) is 0 Å². The highest BCUT2D eigenvalue weighted by molar-refractivity contribution is 5.94. The SMILES string of the molecule is CCOc1ccc(NC(=O)[C@@H](CC(=O)[O-])[C@H](C)c2ccccc2)cc1. The van der Waals surface area contributed by atoms with E-state index in [1.165, 1.54) is 0 Å². The van der Waals surface area contributed by atoms with Crippen molar-refractivity contribution in [1.29, 1.82) is 0 Å². The van der Waals surface area contributed by atoms with Crippen LogP contribution in [0.1, 0.15) is 31.7 Å². The second kappa shape index (κ2) is 8.87. The zero-order chi connectivity index (χ0) is 18.2. The molecule has 0 bridgehead atoms. The molecule has 0 aliphatic carbocycles. The van der Waals surface area contributed by atoms with Crippen molar-refractivity contribution in [3.63, 3.8) is 0 Å². The van der Waals surface area contributed by atoms with Crippen molar-refractivity contribution in [2.24, 2.45) is 5.92 Å². The van der Waals surface area contributed by atoms with Crippen LogP contribution in [0, 0.1) is 5.92 Å². The van der Waals surface area contributed by atoms with Crippen molar-refractivity contribution in [2.45, 2.75) is 26.2 Å². The van der Waals surface area contributed by atoms with Gasteiger partial charge >= 0.3 is 0 Å². The fourth-order valence-electron chi connectivity index (χ4n) is 2.70. The lowest BCUT2D eigenvalue weighted by atomic mass is 9.84. The number of carboxylic acids is 1. The highest BCUT2D eigenvalue weighted by Gasteiger charge is 2.26. The summed E-state index contributed by atoms with van der Waals surface area (Å²) in [5, 5.41) is 13.9. The second-order valence-electron chi connectivity index (χ2n) is 5.83. The third kappa shape index (κ3) is 5.35. The first-order valence-corrected chi connectivity index (χ1v) is 8.29. The molecule has 2 atom stereocenters. The molecule has 0 aromatic heterocycles. The molecule has 2 aromatic carbocycles. The Morgan fingerprint density at radius 1 is 1.08 bits per heavy atom. The smallest absolute Gasteiger partial charge is 0.228 e. The van der Waals surface area contributed by atoms with Gasteiger partial charge in [0.25, 0.3) is 0 Å². The van der Waals surface area contributed by atoms with Crippen LogP contribution >= 0.6 is 0 Å². The van der Waals surface area contributed by atoms with Crippen molar-refractivity contribution in [2.75, 3.05) is 11.9 Å². The number of benzene rings is 2. The number of aliphatic carboxylic acids is 1. The summed E-state index contributed by atoms with van der Waals surface area (Å²) in [6, 6.07) is 16.4. The van der Waals surface area contributed by atoms with Gasteiger partial charge in [-0.25, -0.2) is 0 Å². The maximum atomic E-state index is 12.6. The van der Waals surface area contributed by atoms with Crippen LogP contribution in [0.25, 0.3) is 0 Å². The van der Waals surface area contributed by atoms with Gasteiger partial charge in [-0.3, -0.25) is 4.79 Å². The Morgan fingerprint density at radius 2 is 1.72 bits per heavy atom. The molecule has 5 heteroatoms. The molecule has 25 heavy (non-hydrogen) atoms. The molecule has 0 heterocycles. The standard InChI is InChI=1S/C20H23NO4/c1-3-25-17-11-9-16(10-12-17)21-20(24)18(13-19(22)23)14(2)15-7-5-4-6-8-15/h4-12,14,18H,3,13H2,1-2H3,(H,21,24)(H,22,23)/p-1/t14-,18+/m1/s1. The summed E-state index contributed by atoms with van der Waals surface area (Å²) in [6.07, 6.45) is -0.334. The van der Waals surface area contributed by atoms with Gasteiger partial charge < -0.3 is 20.0 Å². The van der Waals surface area contributed by atoms with Crippen LogP contribution in [0.15, 0.2) is 54.6 Å². The van der Waals surface area contributed by atoms with Crippen LogP contribution in [0.4, 0.5) is 5.69 Å². The number of carboxylic acid groups (broad SMARTS) is 1. The van der Waals surface area contributed by atoms with Gasteiger partial charge in [-0.1, -0.05) is 37.3 Å². The number of hydrogen-bond donors (Lipinski definition) is 1. The number of hydrogen-bond acceptors (Lipinski definition) is 4. The maximum Gasteiger partial charge on any atom is 0.228 e. The second-order valence-corrected chi connectivity index (χ2v) is 5.83. The summed E-state index contributed by atoms with van der Waals surface area (Å²) >= 11 is 0. The summed E-state index contributed by atoms with van der Waals surface area (Å²) in [5.41, 5.74) is 1.51. The Kier molecular flexibility index (Phi) is 6.57. The Balaban J connectivity index is 2.13. The summed E-state index contributed by atoms with van der Waals surface area (Å²) < 4.78 is 5.36. The molecule has 0 saturated heterocycles. The molecule has 0 unspecified atom stereocenters. The zero-order valence-electron chi connectivity index (χ0n) is 14.4.